The Hall–Kier alpha value is -2.65. The molecule has 0 saturated carbocycles. The van der Waals surface area contributed by atoms with E-state index >= 15 is 0 Å². The van der Waals surface area contributed by atoms with Gasteiger partial charge in [-0.1, -0.05) is 41.7 Å². The fourth-order valence-electron chi connectivity index (χ4n) is 4.10. The Labute approximate surface area is 182 Å². The highest BCUT2D eigenvalue weighted by atomic mass is 32.2. The van der Waals surface area contributed by atoms with Crippen molar-refractivity contribution in [2.45, 2.75) is 30.7 Å². The topological polar surface area (TPSA) is 80.1 Å². The molecule has 5 rings (SSSR count). The van der Waals surface area contributed by atoms with Crippen LogP contribution in [0.5, 0.6) is 0 Å². The molecule has 3 aromatic rings. The zero-order valence-corrected chi connectivity index (χ0v) is 18.3. The molecule has 2 unspecified atom stereocenters. The molecule has 1 aromatic carbocycles. The first kappa shape index (κ1) is 19.3. The Bertz CT molecular complexity index is 1130. The molecular formula is C21H21N5O2S2. The standard InChI is InChI=1S/C21H21N5O2S2/c1-21-9-8-15(27)26(21)14(12-29-21)19(28)24-20-23-16(13-6-4-3-5-7-13)17(30-20)18-22-10-11-25(18)2/h3-7,10-11,14H,8-9,12H2,1-2H3,(H,23,24,28). The monoisotopic (exact) mass is 439 g/mol. The van der Waals surface area contributed by atoms with Crippen molar-refractivity contribution in [2.24, 2.45) is 7.05 Å². The number of imidazole rings is 1. The highest BCUT2D eigenvalue weighted by Gasteiger charge is 2.53. The molecule has 30 heavy (non-hydrogen) atoms. The van der Waals surface area contributed by atoms with E-state index in [0.29, 0.717) is 17.3 Å². The molecule has 2 aliphatic rings. The van der Waals surface area contributed by atoms with Crippen LogP contribution in [-0.2, 0) is 16.6 Å². The Kier molecular flexibility index (Phi) is 4.67. The van der Waals surface area contributed by atoms with Crippen molar-refractivity contribution in [3.63, 3.8) is 0 Å². The highest BCUT2D eigenvalue weighted by Crippen LogP contribution is 2.47. The van der Waals surface area contributed by atoms with E-state index in [-0.39, 0.29) is 16.7 Å². The second kappa shape index (κ2) is 7.24. The minimum absolute atomic E-state index is 0.0560. The number of amides is 2. The first-order valence-corrected chi connectivity index (χ1v) is 11.6. The third kappa shape index (κ3) is 3.13. The lowest BCUT2D eigenvalue weighted by molar-refractivity contribution is -0.135. The van der Waals surface area contributed by atoms with E-state index < -0.39 is 6.04 Å². The Morgan fingerprint density at radius 3 is 2.83 bits per heavy atom. The Balaban J connectivity index is 1.47. The molecule has 154 valence electrons. The zero-order chi connectivity index (χ0) is 20.9. The minimum atomic E-state index is -0.462. The number of rotatable bonds is 4. The number of aromatic nitrogens is 3. The predicted octanol–water partition coefficient (Wildman–Crippen LogP) is 3.60. The second-order valence-electron chi connectivity index (χ2n) is 7.68. The van der Waals surface area contributed by atoms with E-state index in [1.54, 1.807) is 22.9 Å². The molecule has 2 saturated heterocycles. The summed E-state index contributed by atoms with van der Waals surface area (Å²) < 4.78 is 1.94. The van der Waals surface area contributed by atoms with Crippen molar-refractivity contribution in [1.29, 1.82) is 0 Å². The van der Waals surface area contributed by atoms with Crippen LogP contribution in [0.3, 0.4) is 0 Å². The van der Waals surface area contributed by atoms with E-state index in [1.165, 1.54) is 11.3 Å². The Morgan fingerprint density at radius 2 is 2.10 bits per heavy atom. The van der Waals surface area contributed by atoms with Crippen molar-refractivity contribution in [3.8, 4) is 22.0 Å². The van der Waals surface area contributed by atoms with Crippen LogP contribution in [-0.4, -0.2) is 47.9 Å². The quantitative estimate of drug-likeness (QED) is 0.672. The molecule has 1 N–H and O–H groups in total. The van der Waals surface area contributed by atoms with Crippen molar-refractivity contribution in [1.82, 2.24) is 19.4 Å². The van der Waals surface area contributed by atoms with Crippen LogP contribution in [0.25, 0.3) is 22.0 Å². The summed E-state index contributed by atoms with van der Waals surface area (Å²) in [5, 5.41) is 3.49. The maximum absolute atomic E-state index is 13.1. The molecule has 0 bridgehead atoms. The van der Waals surface area contributed by atoms with Gasteiger partial charge in [0.2, 0.25) is 11.8 Å². The first-order chi connectivity index (χ1) is 14.5. The lowest BCUT2D eigenvalue weighted by Gasteiger charge is -2.29. The van der Waals surface area contributed by atoms with Gasteiger partial charge in [-0.2, -0.15) is 0 Å². The number of fused-ring (bicyclic) bond motifs is 1. The number of anilines is 1. The van der Waals surface area contributed by atoms with Gasteiger partial charge in [-0.15, -0.1) is 11.8 Å². The van der Waals surface area contributed by atoms with Gasteiger partial charge in [-0.25, -0.2) is 9.97 Å². The van der Waals surface area contributed by atoms with Gasteiger partial charge in [0, 0.05) is 37.2 Å². The third-order valence-corrected chi connectivity index (χ3v) is 8.15. The Morgan fingerprint density at radius 1 is 1.30 bits per heavy atom. The van der Waals surface area contributed by atoms with Gasteiger partial charge in [-0.05, 0) is 13.3 Å². The average Bonchev–Trinajstić information content (AvgIpc) is 3.48. The van der Waals surface area contributed by atoms with E-state index in [2.05, 4.69) is 10.3 Å². The van der Waals surface area contributed by atoms with Gasteiger partial charge in [0.05, 0.1) is 15.4 Å². The summed E-state index contributed by atoms with van der Waals surface area (Å²) in [6.45, 7) is 2.05. The number of thiazole rings is 1. The van der Waals surface area contributed by atoms with Crippen molar-refractivity contribution >= 4 is 40.0 Å². The van der Waals surface area contributed by atoms with Gasteiger partial charge in [0.1, 0.15) is 6.04 Å². The molecule has 7 nitrogen and oxygen atoms in total. The summed E-state index contributed by atoms with van der Waals surface area (Å²) in [4.78, 5) is 37.0. The molecule has 2 atom stereocenters. The van der Waals surface area contributed by atoms with E-state index in [0.717, 1.165) is 28.4 Å². The van der Waals surface area contributed by atoms with Crippen molar-refractivity contribution in [2.75, 3.05) is 11.1 Å². The second-order valence-corrected chi connectivity index (χ2v) is 10.2. The van der Waals surface area contributed by atoms with Crippen LogP contribution >= 0.6 is 23.1 Å². The molecule has 2 aromatic heterocycles. The fourth-order valence-corrected chi connectivity index (χ4v) is 6.57. The number of thioether (sulfide) groups is 1. The van der Waals surface area contributed by atoms with Gasteiger partial charge in [0.25, 0.3) is 0 Å². The molecule has 2 aliphatic heterocycles. The minimum Gasteiger partial charge on any atom is -0.333 e. The van der Waals surface area contributed by atoms with E-state index in [4.69, 9.17) is 4.98 Å². The molecule has 0 aliphatic carbocycles. The highest BCUT2D eigenvalue weighted by molar-refractivity contribution is 8.01. The summed E-state index contributed by atoms with van der Waals surface area (Å²) in [5.74, 6) is 1.28. The summed E-state index contributed by atoms with van der Waals surface area (Å²) in [6.07, 6.45) is 4.93. The number of aryl methyl sites for hydroxylation is 1. The average molecular weight is 440 g/mol. The normalized spacial score (nSPS) is 23.1. The number of hydrogen-bond acceptors (Lipinski definition) is 6. The van der Waals surface area contributed by atoms with E-state index in [9.17, 15) is 9.59 Å². The van der Waals surface area contributed by atoms with Gasteiger partial charge in [-0.3, -0.25) is 9.59 Å². The number of nitrogens with zero attached hydrogens (tertiary/aromatic N) is 4. The maximum Gasteiger partial charge on any atom is 0.249 e. The third-order valence-electron chi connectivity index (χ3n) is 5.68. The van der Waals surface area contributed by atoms with Crippen LogP contribution < -0.4 is 5.32 Å². The summed E-state index contributed by atoms with van der Waals surface area (Å²) in [7, 11) is 1.94. The van der Waals surface area contributed by atoms with Gasteiger partial charge < -0.3 is 14.8 Å². The summed E-state index contributed by atoms with van der Waals surface area (Å²) >= 11 is 3.09. The fraction of sp³-hybridized carbons (Fsp3) is 0.333. The molecule has 2 fully saturated rings. The van der Waals surface area contributed by atoms with Crippen LogP contribution in [0.2, 0.25) is 0 Å². The lowest BCUT2D eigenvalue weighted by Crippen LogP contribution is -2.48. The number of hydrogen-bond donors (Lipinski definition) is 1. The van der Waals surface area contributed by atoms with Crippen LogP contribution in [0.15, 0.2) is 42.7 Å². The molecule has 9 heteroatoms. The summed E-state index contributed by atoms with van der Waals surface area (Å²) in [5.41, 5.74) is 1.75. The number of carbonyl (C=O) groups is 2. The molecule has 4 heterocycles. The smallest absolute Gasteiger partial charge is 0.249 e. The number of nitrogens with one attached hydrogen (secondary N) is 1. The summed E-state index contributed by atoms with van der Waals surface area (Å²) in [6, 6.07) is 9.41. The zero-order valence-electron chi connectivity index (χ0n) is 16.7. The van der Waals surface area contributed by atoms with Crippen LogP contribution in [0.1, 0.15) is 19.8 Å². The largest absolute Gasteiger partial charge is 0.333 e. The molecule has 0 spiro atoms. The van der Waals surface area contributed by atoms with E-state index in [1.807, 2.05) is 55.1 Å². The SMILES string of the molecule is Cn1ccnc1-c1sc(NC(=O)C2CSC3(C)CCC(=O)N23)nc1-c1ccccc1. The van der Waals surface area contributed by atoms with Crippen molar-refractivity contribution in [3.05, 3.63) is 42.7 Å². The molecule has 2 amide bonds. The van der Waals surface area contributed by atoms with Crippen molar-refractivity contribution < 1.29 is 9.59 Å². The maximum atomic E-state index is 13.1. The number of benzene rings is 1. The predicted molar refractivity (Wildman–Crippen MR) is 119 cm³/mol. The number of carbonyl (C=O) groups excluding carboxylic acids is 2. The first-order valence-electron chi connectivity index (χ1n) is 9.77. The van der Waals surface area contributed by atoms with Gasteiger partial charge in [0.15, 0.2) is 11.0 Å². The van der Waals surface area contributed by atoms with Crippen LogP contribution in [0.4, 0.5) is 5.13 Å². The van der Waals surface area contributed by atoms with Crippen LogP contribution in [0, 0.1) is 0 Å². The molecular weight excluding hydrogens is 418 g/mol. The molecule has 0 radical (unpaired) electrons. The van der Waals surface area contributed by atoms with Gasteiger partial charge >= 0.3 is 0 Å². The lowest BCUT2D eigenvalue weighted by atomic mass is 10.1.